The first-order valence-electron chi connectivity index (χ1n) is 13.4. The van der Waals surface area contributed by atoms with Crippen LogP contribution >= 0.6 is 0 Å². The number of halogens is 3. The van der Waals surface area contributed by atoms with Gasteiger partial charge in [-0.3, -0.25) is 9.88 Å². The van der Waals surface area contributed by atoms with Crippen LogP contribution in [0.25, 0.3) is 11.4 Å². The predicted molar refractivity (Wildman–Crippen MR) is 144 cm³/mol. The highest BCUT2D eigenvalue weighted by atomic mass is 19.4. The lowest BCUT2D eigenvalue weighted by Gasteiger charge is -2.45. The smallest absolute Gasteiger partial charge is 0.416 e. The third-order valence-electron chi connectivity index (χ3n) is 7.22. The molecule has 1 aromatic carbocycles. The highest BCUT2D eigenvalue weighted by molar-refractivity contribution is 6.04. The SMILES string of the molecule is CC1(C)OC[C@H](COc2cncc(NC(=O)N3c4nc(-c5cccc(C(F)(F)F)c5)ncc4N4CCCC3C4)c2)O1. The summed E-state index contributed by atoms with van der Waals surface area (Å²) >= 11 is 0. The zero-order valence-electron chi connectivity index (χ0n) is 22.5. The van der Waals surface area contributed by atoms with Crippen LogP contribution in [-0.4, -0.2) is 65.2 Å². The van der Waals surface area contributed by atoms with Crippen molar-refractivity contribution in [2.24, 2.45) is 0 Å². The van der Waals surface area contributed by atoms with Crippen molar-refractivity contribution in [3.8, 4) is 17.1 Å². The molecule has 6 rings (SSSR count). The molecule has 0 radical (unpaired) electrons. The number of alkyl halides is 3. The maximum atomic E-state index is 13.7. The molecule has 1 N–H and O–H groups in total. The van der Waals surface area contributed by atoms with Crippen LogP contribution in [0.2, 0.25) is 0 Å². The van der Waals surface area contributed by atoms with Crippen LogP contribution in [0.15, 0.2) is 48.9 Å². The van der Waals surface area contributed by atoms with Gasteiger partial charge < -0.3 is 24.4 Å². The summed E-state index contributed by atoms with van der Waals surface area (Å²) in [5.41, 5.74) is 0.492. The normalized spacial score (nSPS) is 21.4. The number of carbonyl (C=O) groups is 1. The van der Waals surface area contributed by atoms with Gasteiger partial charge in [-0.2, -0.15) is 13.2 Å². The van der Waals surface area contributed by atoms with Gasteiger partial charge in [-0.1, -0.05) is 12.1 Å². The van der Waals surface area contributed by atoms with E-state index < -0.39 is 23.6 Å². The number of nitrogens with one attached hydrogen (secondary N) is 1. The number of nitrogens with zero attached hydrogens (tertiary/aromatic N) is 5. The number of rotatable bonds is 5. The minimum Gasteiger partial charge on any atom is -0.489 e. The molecule has 3 aliphatic heterocycles. The Kier molecular flexibility index (Phi) is 6.94. The second-order valence-corrected chi connectivity index (χ2v) is 10.7. The number of amides is 2. The van der Waals surface area contributed by atoms with Gasteiger partial charge in [0.15, 0.2) is 17.4 Å². The Morgan fingerprint density at radius 3 is 2.85 bits per heavy atom. The van der Waals surface area contributed by atoms with Crippen molar-refractivity contribution in [3.63, 3.8) is 0 Å². The summed E-state index contributed by atoms with van der Waals surface area (Å²) in [6.45, 7) is 5.73. The molecule has 0 spiro atoms. The zero-order valence-corrected chi connectivity index (χ0v) is 22.5. The van der Waals surface area contributed by atoms with Crippen molar-refractivity contribution >= 4 is 23.2 Å². The molecule has 10 nitrogen and oxygen atoms in total. The summed E-state index contributed by atoms with van der Waals surface area (Å²) in [4.78, 5) is 30.5. The lowest BCUT2D eigenvalue weighted by molar-refractivity contribution is -0.141. The number of fused-ring (bicyclic) bond motifs is 4. The van der Waals surface area contributed by atoms with Gasteiger partial charge in [0.05, 0.1) is 48.2 Å². The summed E-state index contributed by atoms with van der Waals surface area (Å²) in [5.74, 6) is 0.245. The summed E-state index contributed by atoms with van der Waals surface area (Å²) in [7, 11) is 0. The van der Waals surface area contributed by atoms with Crippen LogP contribution in [0.5, 0.6) is 5.75 Å². The highest BCUT2D eigenvalue weighted by Crippen LogP contribution is 2.39. The Bertz CT molecular complexity index is 1450. The standard InChI is InChI=1S/C28H29F3N6O4/c1-27(2)40-16-22(41-27)15-39-21-10-19(11-32-12-21)34-26(38)37-20-7-4-8-36(14-20)23-13-33-24(35-25(23)37)17-5-3-6-18(9-17)28(29,30)31/h3,5-6,9-13,20,22H,4,7-8,14-16H2,1-2H3,(H,34,38)/t20?,22-/m0/s1. The molecule has 1 unspecified atom stereocenters. The van der Waals surface area contributed by atoms with E-state index in [0.29, 0.717) is 36.1 Å². The summed E-state index contributed by atoms with van der Waals surface area (Å²) in [6, 6.07) is 5.91. The van der Waals surface area contributed by atoms with E-state index in [1.54, 1.807) is 23.4 Å². The number of carbonyl (C=O) groups excluding carboxylic acids is 1. The first kappa shape index (κ1) is 27.2. The maximum absolute atomic E-state index is 13.7. The van der Waals surface area contributed by atoms with Crippen molar-refractivity contribution in [1.29, 1.82) is 0 Å². The topological polar surface area (TPSA) is 102 Å². The van der Waals surface area contributed by atoms with E-state index in [-0.39, 0.29) is 30.1 Å². The first-order valence-corrected chi connectivity index (χ1v) is 13.4. The lowest BCUT2D eigenvalue weighted by Crippen LogP contribution is -2.56. The number of hydrogen-bond acceptors (Lipinski definition) is 8. The van der Waals surface area contributed by atoms with Gasteiger partial charge in [0, 0.05) is 24.7 Å². The van der Waals surface area contributed by atoms with E-state index >= 15 is 0 Å². The zero-order chi connectivity index (χ0) is 28.8. The largest absolute Gasteiger partial charge is 0.489 e. The molecular weight excluding hydrogens is 541 g/mol. The average molecular weight is 571 g/mol. The Labute approximate surface area is 234 Å². The molecule has 2 saturated heterocycles. The van der Waals surface area contributed by atoms with Gasteiger partial charge >= 0.3 is 12.2 Å². The van der Waals surface area contributed by atoms with Gasteiger partial charge in [0.1, 0.15) is 18.5 Å². The number of piperidine rings is 1. The fourth-order valence-corrected chi connectivity index (χ4v) is 5.34. The van der Waals surface area contributed by atoms with E-state index in [2.05, 4.69) is 25.2 Å². The number of urea groups is 1. The number of ether oxygens (including phenoxy) is 3. The lowest BCUT2D eigenvalue weighted by atomic mass is 10.0. The molecule has 3 aliphatic rings. The Hall–Kier alpha value is -3.97. The van der Waals surface area contributed by atoms with Crippen LogP contribution < -0.4 is 19.9 Å². The van der Waals surface area contributed by atoms with Crippen LogP contribution in [-0.2, 0) is 15.7 Å². The average Bonchev–Trinajstić information content (AvgIpc) is 3.30. The number of aromatic nitrogens is 3. The third-order valence-corrected chi connectivity index (χ3v) is 7.22. The van der Waals surface area contributed by atoms with E-state index in [1.807, 2.05) is 13.8 Å². The first-order chi connectivity index (χ1) is 19.6. The minimum atomic E-state index is -4.50. The van der Waals surface area contributed by atoms with Gasteiger partial charge in [0.2, 0.25) is 0 Å². The fraction of sp³-hybridized carbons (Fsp3) is 0.429. The molecule has 2 aromatic heterocycles. The molecule has 0 saturated carbocycles. The van der Waals surface area contributed by atoms with Crippen molar-refractivity contribution in [3.05, 3.63) is 54.5 Å². The van der Waals surface area contributed by atoms with Gasteiger partial charge in [-0.25, -0.2) is 14.8 Å². The predicted octanol–water partition coefficient (Wildman–Crippen LogP) is 5.11. The monoisotopic (exact) mass is 570 g/mol. The Morgan fingerprint density at radius 2 is 2.07 bits per heavy atom. The second-order valence-electron chi connectivity index (χ2n) is 10.7. The fourth-order valence-electron chi connectivity index (χ4n) is 5.34. The van der Waals surface area contributed by atoms with E-state index in [4.69, 9.17) is 14.2 Å². The third kappa shape index (κ3) is 5.77. The molecule has 5 heterocycles. The molecule has 3 aromatic rings. The van der Waals surface area contributed by atoms with Gasteiger partial charge in [-0.05, 0) is 38.8 Å². The van der Waals surface area contributed by atoms with Crippen molar-refractivity contribution < 1.29 is 32.2 Å². The van der Waals surface area contributed by atoms with E-state index in [9.17, 15) is 18.0 Å². The van der Waals surface area contributed by atoms with Crippen LogP contribution in [0, 0.1) is 0 Å². The summed E-state index contributed by atoms with van der Waals surface area (Å²) in [6.07, 6.45) is 1.53. The Morgan fingerprint density at radius 1 is 1.22 bits per heavy atom. The number of pyridine rings is 1. The maximum Gasteiger partial charge on any atom is 0.416 e. The van der Waals surface area contributed by atoms with Crippen molar-refractivity contribution in [2.75, 3.05) is 41.4 Å². The van der Waals surface area contributed by atoms with Gasteiger partial charge in [0.25, 0.3) is 0 Å². The molecule has 2 fully saturated rings. The molecule has 13 heteroatoms. The Balaban J connectivity index is 1.24. The summed E-state index contributed by atoms with van der Waals surface area (Å²) < 4.78 is 57.2. The molecule has 2 atom stereocenters. The molecule has 216 valence electrons. The molecule has 0 aliphatic carbocycles. The molecule has 2 amide bonds. The van der Waals surface area contributed by atoms with Crippen LogP contribution in [0.4, 0.5) is 35.2 Å². The van der Waals surface area contributed by atoms with E-state index in [1.165, 1.54) is 18.3 Å². The molecule has 41 heavy (non-hydrogen) atoms. The van der Waals surface area contributed by atoms with Crippen molar-refractivity contribution in [2.45, 2.75) is 50.8 Å². The molecular formula is C28H29F3N6O4. The summed E-state index contributed by atoms with van der Waals surface area (Å²) in [5, 5.41) is 2.89. The minimum absolute atomic E-state index is 0.104. The van der Waals surface area contributed by atoms with Gasteiger partial charge in [-0.15, -0.1) is 0 Å². The van der Waals surface area contributed by atoms with Crippen molar-refractivity contribution in [1.82, 2.24) is 15.0 Å². The quantitative estimate of drug-likeness (QED) is 0.452. The van der Waals surface area contributed by atoms with Crippen LogP contribution in [0.3, 0.4) is 0 Å². The van der Waals surface area contributed by atoms with E-state index in [0.717, 1.165) is 31.5 Å². The number of benzene rings is 1. The molecule has 2 bridgehead atoms. The highest BCUT2D eigenvalue weighted by Gasteiger charge is 2.39. The number of hydrogen-bond donors (Lipinski definition) is 1. The van der Waals surface area contributed by atoms with Crippen LogP contribution in [0.1, 0.15) is 32.3 Å². The second kappa shape index (κ2) is 10.5. The number of anilines is 3.